The monoisotopic (exact) mass is 265 g/mol. The van der Waals surface area contributed by atoms with Gasteiger partial charge >= 0.3 is 5.97 Å². The number of nitrogens with one attached hydrogen (secondary N) is 1. The molecule has 2 aliphatic rings. The van der Waals surface area contributed by atoms with E-state index in [9.17, 15) is 14.4 Å². The number of amides is 2. The summed E-state index contributed by atoms with van der Waals surface area (Å²) in [5.41, 5.74) is -0.553. The zero-order valence-corrected chi connectivity index (χ0v) is 11.2. The number of hydrogen-bond donors (Lipinski definition) is 1. The minimum atomic E-state index is -0.862. The minimum Gasteiger partial charge on any atom is -0.458 e. The van der Waals surface area contributed by atoms with Crippen LogP contribution in [0.1, 0.15) is 45.4 Å². The summed E-state index contributed by atoms with van der Waals surface area (Å²) in [4.78, 5) is 35.4. The lowest BCUT2D eigenvalue weighted by Gasteiger charge is -2.32. The smallest absolute Gasteiger partial charge is 0.333 e. The maximum atomic E-state index is 12.1. The van der Waals surface area contributed by atoms with E-state index in [0.29, 0.717) is 18.4 Å². The molecule has 0 bridgehead atoms. The molecule has 104 valence electrons. The van der Waals surface area contributed by atoms with E-state index in [1.165, 1.54) is 0 Å². The first-order valence-corrected chi connectivity index (χ1v) is 6.66. The molecular weight excluding hydrogens is 246 g/mol. The van der Waals surface area contributed by atoms with Crippen LogP contribution in [0.25, 0.3) is 0 Å². The van der Waals surface area contributed by atoms with Gasteiger partial charge in [0, 0.05) is 12.0 Å². The molecule has 1 N–H and O–H groups in total. The Labute approximate surface area is 112 Å². The van der Waals surface area contributed by atoms with E-state index in [-0.39, 0.29) is 18.2 Å². The van der Waals surface area contributed by atoms with Gasteiger partial charge in [-0.2, -0.15) is 0 Å². The molecule has 2 unspecified atom stereocenters. The van der Waals surface area contributed by atoms with Gasteiger partial charge in [-0.05, 0) is 26.2 Å². The SMILES string of the molecule is C=C(C)C(=O)OC1CCCCCC12CC(=O)NC2=O. The van der Waals surface area contributed by atoms with Crippen LogP contribution in [0, 0.1) is 5.41 Å². The number of imide groups is 1. The largest absolute Gasteiger partial charge is 0.458 e. The number of carbonyl (C=O) groups is 3. The molecule has 5 heteroatoms. The predicted molar refractivity (Wildman–Crippen MR) is 68.0 cm³/mol. The molecule has 1 heterocycles. The summed E-state index contributed by atoms with van der Waals surface area (Å²) < 4.78 is 5.44. The van der Waals surface area contributed by atoms with Gasteiger partial charge in [-0.3, -0.25) is 14.9 Å². The summed E-state index contributed by atoms with van der Waals surface area (Å²) in [5.74, 6) is -1.05. The number of carbonyl (C=O) groups excluding carboxylic acids is 3. The van der Waals surface area contributed by atoms with Gasteiger partial charge in [0.15, 0.2) is 0 Å². The minimum absolute atomic E-state index is 0.125. The van der Waals surface area contributed by atoms with Crippen molar-refractivity contribution in [3.8, 4) is 0 Å². The summed E-state index contributed by atoms with van der Waals surface area (Å²) in [6.45, 7) is 5.13. The Balaban J connectivity index is 2.25. The van der Waals surface area contributed by atoms with Gasteiger partial charge in [0.05, 0.1) is 5.41 Å². The second-order valence-electron chi connectivity index (χ2n) is 5.48. The maximum absolute atomic E-state index is 12.1. The zero-order chi connectivity index (χ0) is 14.0. The topological polar surface area (TPSA) is 72.5 Å². The van der Waals surface area contributed by atoms with E-state index in [2.05, 4.69) is 11.9 Å². The molecule has 1 saturated carbocycles. The highest BCUT2D eigenvalue weighted by atomic mass is 16.5. The van der Waals surface area contributed by atoms with Crippen LogP contribution in [0.4, 0.5) is 0 Å². The number of esters is 1. The summed E-state index contributed by atoms with van der Waals surface area (Å²) in [6.07, 6.45) is 3.59. The second kappa shape index (κ2) is 5.15. The van der Waals surface area contributed by atoms with Crippen molar-refractivity contribution < 1.29 is 19.1 Å². The average molecular weight is 265 g/mol. The molecule has 1 saturated heterocycles. The lowest BCUT2D eigenvalue weighted by atomic mass is 9.76. The van der Waals surface area contributed by atoms with Crippen molar-refractivity contribution >= 4 is 17.8 Å². The van der Waals surface area contributed by atoms with Crippen LogP contribution in [0.5, 0.6) is 0 Å². The third-order valence-corrected chi connectivity index (χ3v) is 3.98. The Kier molecular flexibility index (Phi) is 3.73. The van der Waals surface area contributed by atoms with Crippen LogP contribution in [-0.2, 0) is 19.1 Å². The van der Waals surface area contributed by atoms with E-state index in [0.717, 1.165) is 19.3 Å². The van der Waals surface area contributed by atoms with Crippen molar-refractivity contribution in [3.05, 3.63) is 12.2 Å². The van der Waals surface area contributed by atoms with Crippen LogP contribution >= 0.6 is 0 Å². The Hall–Kier alpha value is -1.65. The summed E-state index contributed by atoms with van der Waals surface area (Å²) in [6, 6.07) is 0. The van der Waals surface area contributed by atoms with Gasteiger partial charge in [0.2, 0.25) is 11.8 Å². The van der Waals surface area contributed by atoms with Crippen LogP contribution in [0.3, 0.4) is 0 Å². The van der Waals surface area contributed by atoms with Gasteiger partial charge in [-0.1, -0.05) is 19.4 Å². The number of hydrogen-bond acceptors (Lipinski definition) is 4. The van der Waals surface area contributed by atoms with Gasteiger partial charge in [-0.25, -0.2) is 4.79 Å². The normalized spacial score (nSPS) is 30.9. The Morgan fingerprint density at radius 3 is 2.68 bits per heavy atom. The fraction of sp³-hybridized carbons (Fsp3) is 0.643. The average Bonchev–Trinajstić information content (AvgIpc) is 2.50. The zero-order valence-electron chi connectivity index (χ0n) is 11.2. The third-order valence-electron chi connectivity index (χ3n) is 3.98. The fourth-order valence-electron chi connectivity index (χ4n) is 2.91. The summed E-state index contributed by atoms with van der Waals surface area (Å²) in [5, 5.41) is 2.35. The first-order chi connectivity index (χ1) is 8.95. The lowest BCUT2D eigenvalue weighted by molar-refractivity contribution is -0.156. The van der Waals surface area contributed by atoms with E-state index in [4.69, 9.17) is 4.74 Å². The predicted octanol–water partition coefficient (Wildman–Crippen LogP) is 1.47. The van der Waals surface area contributed by atoms with Crippen molar-refractivity contribution in [2.75, 3.05) is 0 Å². The molecule has 1 aliphatic carbocycles. The molecule has 0 aromatic carbocycles. The van der Waals surface area contributed by atoms with Crippen molar-refractivity contribution in [3.63, 3.8) is 0 Å². The fourth-order valence-corrected chi connectivity index (χ4v) is 2.91. The molecule has 0 aromatic heterocycles. The van der Waals surface area contributed by atoms with Crippen LogP contribution in [0.2, 0.25) is 0 Å². The van der Waals surface area contributed by atoms with Crippen LogP contribution < -0.4 is 5.32 Å². The molecule has 2 atom stereocenters. The molecule has 2 amide bonds. The van der Waals surface area contributed by atoms with E-state index in [1.807, 2.05) is 0 Å². The van der Waals surface area contributed by atoms with Gasteiger partial charge in [0.25, 0.3) is 0 Å². The quantitative estimate of drug-likeness (QED) is 0.466. The molecule has 1 aliphatic heterocycles. The highest BCUT2D eigenvalue weighted by Crippen LogP contribution is 2.43. The third kappa shape index (κ3) is 2.55. The Bertz CT molecular complexity index is 443. The standard InChI is InChI=1S/C14H19NO4/c1-9(2)12(17)19-10-6-4-3-5-7-14(10)8-11(16)15-13(14)18/h10H,1,3-8H2,2H3,(H,15,16,18). The van der Waals surface area contributed by atoms with Gasteiger partial charge < -0.3 is 4.74 Å². The maximum Gasteiger partial charge on any atom is 0.333 e. The number of ether oxygens (including phenoxy) is 1. The molecule has 2 fully saturated rings. The van der Waals surface area contributed by atoms with E-state index < -0.39 is 17.5 Å². The summed E-state index contributed by atoms with van der Waals surface area (Å²) in [7, 11) is 0. The van der Waals surface area contributed by atoms with Crippen molar-refractivity contribution in [2.24, 2.45) is 5.41 Å². The molecule has 19 heavy (non-hydrogen) atoms. The van der Waals surface area contributed by atoms with Crippen LogP contribution in [-0.4, -0.2) is 23.9 Å². The molecule has 0 aromatic rings. The highest BCUT2D eigenvalue weighted by molar-refractivity contribution is 6.06. The molecule has 1 spiro atoms. The summed E-state index contributed by atoms with van der Waals surface area (Å²) >= 11 is 0. The Morgan fingerprint density at radius 1 is 1.37 bits per heavy atom. The van der Waals surface area contributed by atoms with Crippen molar-refractivity contribution in [1.29, 1.82) is 0 Å². The van der Waals surface area contributed by atoms with Crippen LogP contribution in [0.15, 0.2) is 12.2 Å². The Morgan fingerprint density at radius 2 is 2.11 bits per heavy atom. The van der Waals surface area contributed by atoms with Gasteiger partial charge in [0.1, 0.15) is 6.10 Å². The molecule has 5 nitrogen and oxygen atoms in total. The molecule has 0 radical (unpaired) electrons. The lowest BCUT2D eigenvalue weighted by Crippen LogP contribution is -2.43. The van der Waals surface area contributed by atoms with Gasteiger partial charge in [-0.15, -0.1) is 0 Å². The first-order valence-electron chi connectivity index (χ1n) is 6.66. The van der Waals surface area contributed by atoms with Crippen molar-refractivity contribution in [1.82, 2.24) is 5.32 Å². The molecular formula is C14H19NO4. The molecule has 2 rings (SSSR count). The van der Waals surface area contributed by atoms with E-state index >= 15 is 0 Å². The highest BCUT2D eigenvalue weighted by Gasteiger charge is 2.53. The van der Waals surface area contributed by atoms with Crippen molar-refractivity contribution in [2.45, 2.75) is 51.6 Å². The number of rotatable bonds is 2. The first kappa shape index (κ1) is 13.8. The van der Waals surface area contributed by atoms with E-state index in [1.54, 1.807) is 6.92 Å². The second-order valence-corrected chi connectivity index (χ2v) is 5.48.